The summed E-state index contributed by atoms with van der Waals surface area (Å²) in [6.07, 6.45) is 3.15. The highest BCUT2D eigenvalue weighted by molar-refractivity contribution is 6.32. The zero-order chi connectivity index (χ0) is 14.7. The molecule has 0 saturated heterocycles. The summed E-state index contributed by atoms with van der Waals surface area (Å²) in [6.45, 7) is 4.65. The SMILES string of the molecule is CC(C)Cn1ccnc(Oc2c(N)cccc2Cl)c1=O. The van der Waals surface area contributed by atoms with Crippen LogP contribution in [0.1, 0.15) is 13.8 Å². The molecule has 2 aromatic rings. The van der Waals surface area contributed by atoms with Crippen LogP contribution in [0.2, 0.25) is 5.02 Å². The summed E-state index contributed by atoms with van der Waals surface area (Å²) in [7, 11) is 0. The predicted octanol–water partition coefficient (Wildman–Crippen LogP) is 2.93. The Morgan fingerprint density at radius 3 is 2.85 bits per heavy atom. The summed E-state index contributed by atoms with van der Waals surface area (Å²) in [5, 5.41) is 0.338. The van der Waals surface area contributed by atoms with Gasteiger partial charge in [-0.3, -0.25) is 4.79 Å². The minimum atomic E-state index is -0.305. The lowest BCUT2D eigenvalue weighted by molar-refractivity contribution is 0.434. The number of halogens is 1. The van der Waals surface area contributed by atoms with Crippen LogP contribution in [0.3, 0.4) is 0 Å². The monoisotopic (exact) mass is 293 g/mol. The molecule has 2 N–H and O–H groups in total. The molecular weight excluding hydrogens is 278 g/mol. The number of para-hydroxylation sites is 1. The maximum absolute atomic E-state index is 12.2. The van der Waals surface area contributed by atoms with Crippen molar-refractivity contribution in [2.75, 3.05) is 5.73 Å². The molecule has 6 heteroatoms. The molecule has 0 aliphatic carbocycles. The molecule has 106 valence electrons. The fourth-order valence-corrected chi connectivity index (χ4v) is 1.98. The summed E-state index contributed by atoms with van der Waals surface area (Å²) in [5.74, 6) is 0.558. The Morgan fingerprint density at radius 1 is 1.45 bits per heavy atom. The largest absolute Gasteiger partial charge is 0.431 e. The maximum atomic E-state index is 12.2. The van der Waals surface area contributed by atoms with Crippen LogP contribution in [0.4, 0.5) is 5.69 Å². The average molecular weight is 294 g/mol. The van der Waals surface area contributed by atoms with Crippen LogP contribution in [0.15, 0.2) is 35.4 Å². The van der Waals surface area contributed by atoms with Gasteiger partial charge in [0.15, 0.2) is 5.75 Å². The van der Waals surface area contributed by atoms with Crippen LogP contribution in [0, 0.1) is 5.92 Å². The predicted molar refractivity (Wildman–Crippen MR) is 79.3 cm³/mol. The van der Waals surface area contributed by atoms with Crippen LogP contribution in [-0.2, 0) is 6.54 Å². The summed E-state index contributed by atoms with van der Waals surface area (Å²) in [5.41, 5.74) is 5.85. The number of anilines is 1. The molecule has 1 heterocycles. The van der Waals surface area contributed by atoms with Crippen LogP contribution >= 0.6 is 11.6 Å². The first kappa shape index (κ1) is 14.4. The zero-order valence-corrected chi connectivity index (χ0v) is 12.1. The Labute approximate surface area is 122 Å². The molecule has 0 unspecified atom stereocenters. The Bertz CT molecular complexity index is 647. The molecule has 1 aromatic carbocycles. The minimum Gasteiger partial charge on any atom is -0.431 e. The van der Waals surface area contributed by atoms with E-state index >= 15 is 0 Å². The molecular formula is C14H16ClN3O2. The van der Waals surface area contributed by atoms with E-state index in [1.165, 1.54) is 6.20 Å². The normalized spacial score (nSPS) is 10.8. The van der Waals surface area contributed by atoms with Gasteiger partial charge in [-0.2, -0.15) is 0 Å². The summed E-state index contributed by atoms with van der Waals surface area (Å²) in [4.78, 5) is 16.2. The standard InChI is InChI=1S/C14H16ClN3O2/c1-9(2)8-18-7-6-17-13(14(18)19)20-12-10(15)4-3-5-11(12)16/h3-7,9H,8,16H2,1-2H3. The number of ether oxygens (including phenoxy) is 1. The number of hydrogen-bond donors (Lipinski definition) is 1. The molecule has 0 bridgehead atoms. The van der Waals surface area contributed by atoms with Crippen molar-refractivity contribution in [3.63, 3.8) is 0 Å². The quantitative estimate of drug-likeness (QED) is 0.880. The molecule has 1 aromatic heterocycles. The highest BCUT2D eigenvalue weighted by Gasteiger charge is 2.12. The van der Waals surface area contributed by atoms with Crippen LogP contribution in [0.5, 0.6) is 11.6 Å². The first-order chi connectivity index (χ1) is 9.49. The van der Waals surface area contributed by atoms with E-state index < -0.39 is 0 Å². The lowest BCUT2D eigenvalue weighted by Crippen LogP contribution is -2.23. The second kappa shape index (κ2) is 5.96. The van der Waals surface area contributed by atoms with Crippen molar-refractivity contribution in [1.82, 2.24) is 9.55 Å². The smallest absolute Gasteiger partial charge is 0.313 e. The van der Waals surface area contributed by atoms with Crippen LogP contribution < -0.4 is 16.0 Å². The van der Waals surface area contributed by atoms with E-state index in [0.717, 1.165) is 0 Å². The number of nitrogens with two attached hydrogens (primary N) is 1. The van der Waals surface area contributed by atoms with Crippen LogP contribution in [-0.4, -0.2) is 9.55 Å². The van der Waals surface area contributed by atoms with Crippen molar-refractivity contribution in [2.24, 2.45) is 5.92 Å². The third-order valence-corrected chi connectivity index (χ3v) is 2.94. The Balaban J connectivity index is 2.37. The molecule has 0 aliphatic heterocycles. The van der Waals surface area contributed by atoms with Gasteiger partial charge in [0.2, 0.25) is 0 Å². The molecule has 5 nitrogen and oxygen atoms in total. The van der Waals surface area contributed by atoms with Gasteiger partial charge in [0.25, 0.3) is 5.88 Å². The van der Waals surface area contributed by atoms with E-state index in [2.05, 4.69) is 4.98 Å². The van der Waals surface area contributed by atoms with Gasteiger partial charge in [-0.25, -0.2) is 4.98 Å². The molecule has 0 spiro atoms. The van der Waals surface area contributed by atoms with Gasteiger partial charge in [-0.15, -0.1) is 0 Å². The molecule has 20 heavy (non-hydrogen) atoms. The fourth-order valence-electron chi connectivity index (χ4n) is 1.76. The van der Waals surface area contributed by atoms with Crippen LogP contribution in [0.25, 0.3) is 0 Å². The number of rotatable bonds is 4. The molecule has 0 radical (unpaired) electrons. The van der Waals surface area contributed by atoms with Crippen molar-refractivity contribution in [3.05, 3.63) is 46.0 Å². The minimum absolute atomic E-state index is 0.0343. The van der Waals surface area contributed by atoms with Crippen molar-refractivity contribution in [1.29, 1.82) is 0 Å². The van der Waals surface area contributed by atoms with Gasteiger partial charge >= 0.3 is 5.56 Å². The number of nitrogens with zero attached hydrogens (tertiary/aromatic N) is 2. The first-order valence-corrected chi connectivity index (χ1v) is 6.64. The van der Waals surface area contributed by atoms with E-state index in [1.54, 1.807) is 29.0 Å². The maximum Gasteiger partial charge on any atom is 0.313 e. The number of benzene rings is 1. The average Bonchev–Trinajstić information content (AvgIpc) is 2.37. The second-order valence-corrected chi connectivity index (χ2v) is 5.25. The third-order valence-electron chi connectivity index (χ3n) is 2.64. The lowest BCUT2D eigenvalue weighted by Gasteiger charge is -2.11. The van der Waals surface area contributed by atoms with Gasteiger partial charge in [0.1, 0.15) is 0 Å². The van der Waals surface area contributed by atoms with Crippen molar-refractivity contribution < 1.29 is 4.74 Å². The number of aromatic nitrogens is 2. The highest BCUT2D eigenvalue weighted by Crippen LogP contribution is 2.32. The number of nitrogen functional groups attached to an aromatic ring is 1. The number of hydrogen-bond acceptors (Lipinski definition) is 4. The Hall–Kier alpha value is -2.01. The summed E-state index contributed by atoms with van der Waals surface area (Å²) >= 11 is 6.01. The highest BCUT2D eigenvalue weighted by atomic mass is 35.5. The van der Waals surface area contributed by atoms with Gasteiger partial charge in [-0.05, 0) is 18.1 Å². The lowest BCUT2D eigenvalue weighted by atomic mass is 10.2. The third kappa shape index (κ3) is 3.11. The molecule has 0 fully saturated rings. The van der Waals surface area contributed by atoms with Crippen molar-refractivity contribution in [3.8, 4) is 11.6 Å². The van der Waals surface area contributed by atoms with E-state index in [0.29, 0.717) is 23.2 Å². The van der Waals surface area contributed by atoms with Gasteiger partial charge in [0.05, 0.1) is 10.7 Å². The van der Waals surface area contributed by atoms with Crippen molar-refractivity contribution in [2.45, 2.75) is 20.4 Å². The molecule has 2 rings (SSSR count). The van der Waals surface area contributed by atoms with Gasteiger partial charge in [0, 0.05) is 18.9 Å². The van der Waals surface area contributed by atoms with Crippen molar-refractivity contribution >= 4 is 17.3 Å². The Kier molecular flexibility index (Phi) is 4.29. The molecule has 0 aliphatic rings. The van der Waals surface area contributed by atoms with Gasteiger partial charge in [-0.1, -0.05) is 31.5 Å². The topological polar surface area (TPSA) is 70.1 Å². The van der Waals surface area contributed by atoms with E-state index in [9.17, 15) is 4.79 Å². The zero-order valence-electron chi connectivity index (χ0n) is 11.3. The molecule has 0 atom stereocenters. The van der Waals surface area contributed by atoms with E-state index in [-0.39, 0.29) is 17.2 Å². The summed E-state index contributed by atoms with van der Waals surface area (Å²) in [6, 6.07) is 5.00. The van der Waals surface area contributed by atoms with E-state index in [1.807, 2.05) is 13.8 Å². The van der Waals surface area contributed by atoms with Gasteiger partial charge < -0.3 is 15.0 Å². The Morgan fingerprint density at radius 2 is 2.20 bits per heavy atom. The fraction of sp³-hybridized carbons (Fsp3) is 0.286. The summed E-state index contributed by atoms with van der Waals surface area (Å²) < 4.78 is 7.05. The van der Waals surface area contributed by atoms with E-state index in [4.69, 9.17) is 22.1 Å². The second-order valence-electron chi connectivity index (χ2n) is 4.84. The molecule has 0 amide bonds. The first-order valence-electron chi connectivity index (χ1n) is 6.26. The molecule has 0 saturated carbocycles.